The highest BCUT2D eigenvalue weighted by molar-refractivity contribution is 5.90. The van der Waals surface area contributed by atoms with Gasteiger partial charge >= 0.3 is 0 Å². The van der Waals surface area contributed by atoms with Gasteiger partial charge in [0.2, 0.25) is 0 Å². The maximum atomic E-state index is 10.7. The van der Waals surface area contributed by atoms with Crippen LogP contribution in [0.15, 0.2) is 12.7 Å². The highest BCUT2D eigenvalue weighted by Crippen LogP contribution is 1.98. The van der Waals surface area contributed by atoms with Gasteiger partial charge in [-0.05, 0) is 12.5 Å². The minimum absolute atomic E-state index is 0.0366. The van der Waals surface area contributed by atoms with E-state index in [0.717, 1.165) is 6.42 Å². The molecule has 2 nitrogen and oxygen atoms in total. The van der Waals surface area contributed by atoms with Gasteiger partial charge in [0.25, 0.3) is 0 Å². The molecule has 0 aliphatic rings. The molecule has 0 saturated heterocycles. The molecule has 0 aromatic carbocycles. The summed E-state index contributed by atoms with van der Waals surface area (Å²) in [5, 5.41) is 0. The minimum Gasteiger partial charge on any atom is -0.373 e. The summed E-state index contributed by atoms with van der Waals surface area (Å²) >= 11 is 0. The van der Waals surface area contributed by atoms with Crippen molar-refractivity contribution in [2.45, 2.75) is 32.6 Å². The molecule has 0 aliphatic heterocycles. The first kappa shape index (κ1) is 11.4. The molecule has 0 radical (unpaired) electrons. The fourth-order valence-electron chi connectivity index (χ4n) is 0.863. The summed E-state index contributed by atoms with van der Waals surface area (Å²) in [4.78, 5) is 10.7. The van der Waals surface area contributed by atoms with Gasteiger partial charge in [-0.1, -0.05) is 32.8 Å². The molecule has 0 rings (SSSR count). The van der Waals surface area contributed by atoms with Gasteiger partial charge in [-0.15, -0.1) is 0 Å². The van der Waals surface area contributed by atoms with Crippen LogP contribution in [0.3, 0.4) is 0 Å². The van der Waals surface area contributed by atoms with Gasteiger partial charge in [-0.25, -0.2) is 0 Å². The van der Waals surface area contributed by atoms with Crippen molar-refractivity contribution >= 4 is 5.78 Å². The number of hydrogen-bond acceptors (Lipinski definition) is 2. The third kappa shape index (κ3) is 7.48. The number of unbranched alkanes of at least 4 members (excludes halogenated alkanes) is 3. The summed E-state index contributed by atoms with van der Waals surface area (Å²) in [6.07, 6.45) is 6.02. The van der Waals surface area contributed by atoms with Gasteiger partial charge in [0.1, 0.15) is 6.61 Å². The number of carbonyl (C=O) groups excluding carboxylic acids is 1. The minimum atomic E-state index is -0.0366. The summed E-state index contributed by atoms with van der Waals surface area (Å²) in [5.41, 5.74) is 0. The molecule has 0 aromatic heterocycles. The van der Waals surface area contributed by atoms with Crippen molar-refractivity contribution in [2.75, 3.05) is 13.2 Å². The third-order valence-electron chi connectivity index (χ3n) is 1.61. The Morgan fingerprint density at radius 2 is 2.17 bits per heavy atom. The fourth-order valence-corrected chi connectivity index (χ4v) is 0.863. The van der Waals surface area contributed by atoms with E-state index in [-0.39, 0.29) is 12.4 Å². The Labute approximate surface area is 74.6 Å². The number of hydrogen-bond donors (Lipinski definition) is 0. The van der Waals surface area contributed by atoms with E-state index in [1.807, 2.05) is 0 Å². The van der Waals surface area contributed by atoms with Crippen molar-refractivity contribution in [3.05, 3.63) is 12.7 Å². The lowest BCUT2D eigenvalue weighted by molar-refractivity contribution is -0.118. The predicted molar refractivity (Wildman–Crippen MR) is 50.2 cm³/mol. The molecule has 0 atom stereocenters. The summed E-state index contributed by atoms with van der Waals surface area (Å²) in [7, 11) is 0. The highest BCUT2D eigenvalue weighted by atomic mass is 16.5. The van der Waals surface area contributed by atoms with Crippen LogP contribution in [0, 0.1) is 0 Å². The molecular weight excluding hydrogens is 152 g/mol. The number of rotatable bonds is 8. The Kier molecular flexibility index (Phi) is 8.02. The van der Waals surface area contributed by atoms with Crippen LogP contribution in [0.1, 0.15) is 32.6 Å². The van der Waals surface area contributed by atoms with Crippen LogP contribution < -0.4 is 0 Å². The standard InChI is InChI=1S/C10H18O2/c1-3-5-6-7-8-12-9-10(11)4-2/h4H,2-3,5-9H2,1H3. The van der Waals surface area contributed by atoms with Crippen LogP contribution in [-0.4, -0.2) is 19.0 Å². The monoisotopic (exact) mass is 170 g/mol. The van der Waals surface area contributed by atoms with Crippen LogP contribution in [0.4, 0.5) is 0 Å². The largest absolute Gasteiger partial charge is 0.373 e. The van der Waals surface area contributed by atoms with Crippen molar-refractivity contribution in [3.63, 3.8) is 0 Å². The summed E-state index contributed by atoms with van der Waals surface area (Å²) in [5.74, 6) is -0.0366. The maximum absolute atomic E-state index is 10.7. The van der Waals surface area contributed by atoms with Crippen LogP contribution in [-0.2, 0) is 9.53 Å². The predicted octanol–water partition coefficient (Wildman–Crippen LogP) is 2.34. The zero-order valence-electron chi connectivity index (χ0n) is 7.84. The van der Waals surface area contributed by atoms with Crippen molar-refractivity contribution in [3.8, 4) is 0 Å². The molecule has 0 fully saturated rings. The van der Waals surface area contributed by atoms with Crippen LogP contribution in [0.5, 0.6) is 0 Å². The Bertz CT molecular complexity index is 130. The SMILES string of the molecule is C=CC(=O)COCCCCCC. The Balaban J connectivity index is 3.00. The zero-order valence-corrected chi connectivity index (χ0v) is 7.84. The van der Waals surface area contributed by atoms with Gasteiger partial charge in [0.15, 0.2) is 5.78 Å². The molecule has 0 N–H and O–H groups in total. The van der Waals surface area contributed by atoms with Gasteiger partial charge in [-0.3, -0.25) is 4.79 Å². The first-order valence-corrected chi connectivity index (χ1v) is 4.54. The number of ketones is 1. The van der Waals surface area contributed by atoms with E-state index in [9.17, 15) is 4.79 Å². The molecule has 12 heavy (non-hydrogen) atoms. The smallest absolute Gasteiger partial charge is 0.180 e. The van der Waals surface area contributed by atoms with E-state index in [0.29, 0.717) is 6.61 Å². The zero-order chi connectivity index (χ0) is 9.23. The first-order chi connectivity index (χ1) is 5.81. The molecule has 0 unspecified atom stereocenters. The van der Waals surface area contributed by atoms with E-state index in [1.165, 1.54) is 25.3 Å². The molecule has 0 amide bonds. The molecule has 0 bridgehead atoms. The van der Waals surface area contributed by atoms with Crippen LogP contribution >= 0.6 is 0 Å². The van der Waals surface area contributed by atoms with Crippen molar-refractivity contribution in [2.24, 2.45) is 0 Å². The van der Waals surface area contributed by atoms with Crippen molar-refractivity contribution in [1.29, 1.82) is 0 Å². The second-order valence-electron chi connectivity index (χ2n) is 2.78. The number of carbonyl (C=O) groups is 1. The second kappa shape index (κ2) is 8.47. The Morgan fingerprint density at radius 1 is 1.42 bits per heavy atom. The van der Waals surface area contributed by atoms with Crippen molar-refractivity contribution in [1.82, 2.24) is 0 Å². The number of ether oxygens (including phenoxy) is 1. The second-order valence-corrected chi connectivity index (χ2v) is 2.78. The Hall–Kier alpha value is -0.630. The summed E-state index contributed by atoms with van der Waals surface area (Å²) in [6.45, 7) is 6.41. The molecule has 0 heterocycles. The Morgan fingerprint density at radius 3 is 2.75 bits per heavy atom. The average molecular weight is 170 g/mol. The lowest BCUT2D eigenvalue weighted by Gasteiger charge is -2.00. The average Bonchev–Trinajstić information content (AvgIpc) is 2.10. The molecule has 2 heteroatoms. The fraction of sp³-hybridized carbons (Fsp3) is 0.700. The quantitative estimate of drug-likeness (QED) is 0.413. The van der Waals surface area contributed by atoms with E-state index in [4.69, 9.17) is 4.74 Å². The van der Waals surface area contributed by atoms with E-state index < -0.39 is 0 Å². The summed E-state index contributed by atoms with van der Waals surface area (Å²) < 4.78 is 5.11. The summed E-state index contributed by atoms with van der Waals surface area (Å²) in [6, 6.07) is 0. The molecule has 0 saturated carbocycles. The van der Waals surface area contributed by atoms with Crippen molar-refractivity contribution < 1.29 is 9.53 Å². The molecular formula is C10H18O2. The van der Waals surface area contributed by atoms with E-state index in [2.05, 4.69) is 13.5 Å². The molecule has 70 valence electrons. The highest BCUT2D eigenvalue weighted by Gasteiger charge is 1.94. The third-order valence-corrected chi connectivity index (χ3v) is 1.61. The molecule has 0 aromatic rings. The van der Waals surface area contributed by atoms with Gasteiger partial charge in [0, 0.05) is 6.61 Å². The molecule has 0 aliphatic carbocycles. The topological polar surface area (TPSA) is 26.3 Å². The van der Waals surface area contributed by atoms with Gasteiger partial charge < -0.3 is 4.74 Å². The maximum Gasteiger partial charge on any atom is 0.180 e. The molecule has 0 spiro atoms. The normalized spacial score (nSPS) is 9.75. The van der Waals surface area contributed by atoms with E-state index in [1.54, 1.807) is 0 Å². The van der Waals surface area contributed by atoms with Crippen LogP contribution in [0.25, 0.3) is 0 Å². The first-order valence-electron chi connectivity index (χ1n) is 4.54. The van der Waals surface area contributed by atoms with Gasteiger partial charge in [0.05, 0.1) is 0 Å². The lowest BCUT2D eigenvalue weighted by atomic mass is 10.2. The van der Waals surface area contributed by atoms with Gasteiger partial charge in [-0.2, -0.15) is 0 Å². The van der Waals surface area contributed by atoms with E-state index >= 15 is 0 Å². The van der Waals surface area contributed by atoms with Crippen LogP contribution in [0.2, 0.25) is 0 Å². The lowest BCUT2D eigenvalue weighted by Crippen LogP contribution is -2.05.